The first-order valence-corrected chi connectivity index (χ1v) is 5.70. The molecule has 9 nitrogen and oxygen atoms in total. The van der Waals surface area contributed by atoms with Gasteiger partial charge in [0.2, 0.25) is 0 Å². The van der Waals surface area contributed by atoms with Crippen molar-refractivity contribution in [1.29, 1.82) is 0 Å². The summed E-state index contributed by atoms with van der Waals surface area (Å²) in [5.41, 5.74) is 0. The molecule has 1 aliphatic rings. The average Bonchev–Trinajstić information content (AvgIpc) is 2.50. The van der Waals surface area contributed by atoms with Crippen molar-refractivity contribution in [3.63, 3.8) is 0 Å². The van der Waals surface area contributed by atoms with Gasteiger partial charge in [-0.2, -0.15) is 0 Å². The number of aliphatic hydroxyl groups excluding tert-OH is 2. The number of ether oxygens (including phenoxy) is 3. The fourth-order valence-corrected chi connectivity index (χ4v) is 1.39. The maximum absolute atomic E-state index is 11.6. The fraction of sp³-hybridized carbons (Fsp3) is 0.545. The smallest absolute Gasteiger partial charge is 0.378 e. The van der Waals surface area contributed by atoms with Crippen LogP contribution < -0.4 is 0 Å². The van der Waals surface area contributed by atoms with Crippen molar-refractivity contribution in [3.8, 4) is 0 Å². The van der Waals surface area contributed by atoms with Crippen molar-refractivity contribution in [2.75, 3.05) is 40.0 Å². The van der Waals surface area contributed by atoms with Crippen LogP contribution in [0.15, 0.2) is 11.5 Å². The van der Waals surface area contributed by atoms with Crippen LogP contribution in [0.25, 0.3) is 0 Å². The summed E-state index contributed by atoms with van der Waals surface area (Å²) in [6.45, 7) is 0.941. The number of hydrogen-bond donors (Lipinski definition) is 2. The van der Waals surface area contributed by atoms with Gasteiger partial charge in [-0.1, -0.05) is 0 Å². The molecule has 2 N–H and O–H groups in total. The summed E-state index contributed by atoms with van der Waals surface area (Å²) in [6.07, 6.45) is 0. The molecule has 0 aromatic heterocycles. The fourth-order valence-electron chi connectivity index (χ4n) is 1.39. The van der Waals surface area contributed by atoms with Crippen LogP contribution in [-0.4, -0.2) is 73.0 Å². The predicted octanol–water partition coefficient (Wildman–Crippen LogP) is -1.11. The number of amides is 1. The second-order valence-corrected chi connectivity index (χ2v) is 3.76. The molecule has 0 aliphatic carbocycles. The average molecular weight is 289 g/mol. The van der Waals surface area contributed by atoms with E-state index in [2.05, 4.69) is 9.47 Å². The van der Waals surface area contributed by atoms with Crippen LogP contribution in [0, 0.1) is 0 Å². The Balaban J connectivity index is 2.50. The van der Waals surface area contributed by atoms with Gasteiger partial charge >= 0.3 is 11.9 Å². The first-order valence-electron chi connectivity index (χ1n) is 5.70. The Hall–Kier alpha value is -2.29. The van der Waals surface area contributed by atoms with Crippen molar-refractivity contribution < 1.29 is 38.8 Å². The number of morpholine rings is 1. The van der Waals surface area contributed by atoms with Crippen molar-refractivity contribution in [2.45, 2.75) is 0 Å². The third kappa shape index (κ3) is 4.12. The van der Waals surface area contributed by atoms with Gasteiger partial charge in [-0.3, -0.25) is 4.79 Å². The first kappa shape index (κ1) is 15.8. The number of rotatable bonds is 4. The van der Waals surface area contributed by atoms with E-state index in [9.17, 15) is 19.5 Å². The number of hydrogen-bond acceptors (Lipinski definition) is 8. The molecule has 0 unspecified atom stereocenters. The molecular weight excluding hydrogens is 274 g/mol. The summed E-state index contributed by atoms with van der Waals surface area (Å²) in [5.74, 6) is -5.75. The van der Waals surface area contributed by atoms with Crippen LogP contribution >= 0.6 is 0 Å². The van der Waals surface area contributed by atoms with Crippen LogP contribution in [0.5, 0.6) is 0 Å². The van der Waals surface area contributed by atoms with Gasteiger partial charge in [-0.05, 0) is 0 Å². The quantitative estimate of drug-likeness (QED) is 0.379. The summed E-state index contributed by atoms with van der Waals surface area (Å²) in [7, 11) is 0.957. The minimum Gasteiger partial charge on any atom is -0.499 e. The minimum absolute atomic E-state index is 0.381. The third-order valence-corrected chi connectivity index (χ3v) is 2.49. The topological polar surface area (TPSA) is 123 Å². The van der Waals surface area contributed by atoms with Crippen LogP contribution in [0.1, 0.15) is 0 Å². The van der Waals surface area contributed by atoms with Crippen LogP contribution in [-0.2, 0) is 28.6 Å². The van der Waals surface area contributed by atoms with Gasteiger partial charge < -0.3 is 29.3 Å². The number of carbonyl (C=O) groups is 3. The lowest BCUT2D eigenvalue weighted by molar-refractivity contribution is -0.153. The summed E-state index contributed by atoms with van der Waals surface area (Å²) in [5, 5.41) is 18.3. The lowest BCUT2D eigenvalue weighted by Gasteiger charge is -2.26. The molecule has 0 atom stereocenters. The third-order valence-electron chi connectivity index (χ3n) is 2.49. The van der Waals surface area contributed by atoms with Crippen molar-refractivity contribution in [1.82, 2.24) is 4.90 Å². The van der Waals surface area contributed by atoms with E-state index in [-0.39, 0.29) is 0 Å². The first-order chi connectivity index (χ1) is 9.47. The van der Waals surface area contributed by atoms with E-state index < -0.39 is 36.0 Å². The lowest BCUT2D eigenvalue weighted by Crippen LogP contribution is -2.42. The highest BCUT2D eigenvalue weighted by Crippen LogP contribution is 2.04. The molecule has 20 heavy (non-hydrogen) atoms. The van der Waals surface area contributed by atoms with Crippen molar-refractivity contribution >= 4 is 17.8 Å². The molecule has 0 bridgehead atoms. The molecule has 1 amide bonds. The van der Waals surface area contributed by atoms with Gasteiger partial charge in [-0.25, -0.2) is 9.59 Å². The highest BCUT2D eigenvalue weighted by atomic mass is 16.6. The maximum atomic E-state index is 11.6. The van der Waals surface area contributed by atoms with E-state index in [0.717, 1.165) is 7.11 Å². The van der Waals surface area contributed by atoms with E-state index in [1.807, 2.05) is 0 Å². The van der Waals surface area contributed by atoms with Crippen LogP contribution in [0.3, 0.4) is 0 Å². The molecule has 1 aliphatic heterocycles. The van der Waals surface area contributed by atoms with Crippen molar-refractivity contribution in [3.05, 3.63) is 11.5 Å². The summed E-state index contributed by atoms with van der Waals surface area (Å²) in [6, 6.07) is 0. The zero-order chi connectivity index (χ0) is 15.1. The van der Waals surface area contributed by atoms with E-state index in [4.69, 9.17) is 9.84 Å². The largest absolute Gasteiger partial charge is 0.499 e. The van der Waals surface area contributed by atoms with E-state index in [0.29, 0.717) is 26.3 Å². The number of methoxy groups -OCH3 is 1. The minimum atomic E-state index is -1.39. The Labute approximate surface area is 114 Å². The monoisotopic (exact) mass is 289 g/mol. The molecular formula is C11H15NO8. The Kier molecular flexibility index (Phi) is 5.78. The standard InChI is InChI=1S/C11H15NO8/c1-18-10(16)8(14)9(15)11(17)20-6-7(13)12-2-4-19-5-3-12/h14-15H,2-6H2,1H3/b9-8+. The number of nitrogens with zero attached hydrogens (tertiary/aromatic N) is 1. The molecule has 0 spiro atoms. The summed E-state index contributed by atoms with van der Waals surface area (Å²) < 4.78 is 13.6. The molecule has 0 aromatic rings. The van der Waals surface area contributed by atoms with Crippen LogP contribution in [0.4, 0.5) is 0 Å². The second kappa shape index (κ2) is 7.34. The van der Waals surface area contributed by atoms with Crippen LogP contribution in [0.2, 0.25) is 0 Å². The number of esters is 2. The van der Waals surface area contributed by atoms with Gasteiger partial charge in [0.05, 0.1) is 20.3 Å². The SMILES string of the molecule is COC(=O)/C(O)=C(\O)C(=O)OCC(=O)N1CCOCC1. The van der Waals surface area contributed by atoms with Gasteiger partial charge in [0.1, 0.15) is 0 Å². The molecule has 1 rings (SSSR count). The molecule has 0 aromatic carbocycles. The zero-order valence-corrected chi connectivity index (χ0v) is 10.8. The molecule has 9 heteroatoms. The second-order valence-electron chi connectivity index (χ2n) is 3.76. The summed E-state index contributed by atoms with van der Waals surface area (Å²) >= 11 is 0. The zero-order valence-electron chi connectivity index (χ0n) is 10.8. The van der Waals surface area contributed by atoms with Gasteiger partial charge in [0, 0.05) is 13.1 Å². The van der Waals surface area contributed by atoms with Gasteiger partial charge in [0.25, 0.3) is 17.4 Å². The van der Waals surface area contributed by atoms with E-state index in [1.165, 1.54) is 4.90 Å². The number of carbonyl (C=O) groups excluding carboxylic acids is 3. The summed E-state index contributed by atoms with van der Waals surface area (Å²) in [4.78, 5) is 35.2. The Morgan fingerprint density at radius 2 is 1.65 bits per heavy atom. The Morgan fingerprint density at radius 3 is 2.20 bits per heavy atom. The molecule has 0 saturated carbocycles. The Morgan fingerprint density at radius 1 is 1.10 bits per heavy atom. The molecule has 0 radical (unpaired) electrons. The molecule has 1 heterocycles. The highest BCUT2D eigenvalue weighted by molar-refractivity contribution is 5.97. The lowest BCUT2D eigenvalue weighted by atomic mass is 10.4. The molecule has 1 fully saturated rings. The van der Waals surface area contributed by atoms with E-state index in [1.54, 1.807) is 0 Å². The van der Waals surface area contributed by atoms with Gasteiger partial charge in [-0.15, -0.1) is 0 Å². The Bertz CT molecular complexity index is 424. The molecule has 112 valence electrons. The van der Waals surface area contributed by atoms with E-state index >= 15 is 0 Å². The highest BCUT2D eigenvalue weighted by Gasteiger charge is 2.24. The van der Waals surface area contributed by atoms with Gasteiger partial charge in [0.15, 0.2) is 6.61 Å². The predicted molar refractivity (Wildman–Crippen MR) is 62.7 cm³/mol. The van der Waals surface area contributed by atoms with Crippen molar-refractivity contribution in [2.24, 2.45) is 0 Å². The molecule has 1 saturated heterocycles. The number of aliphatic hydroxyl groups is 2. The maximum Gasteiger partial charge on any atom is 0.378 e. The normalized spacial score (nSPS) is 16.1.